The highest BCUT2D eigenvalue weighted by Gasteiger charge is 2.18. The number of nitrogens with zero attached hydrogens (tertiary/aromatic N) is 1. The highest BCUT2D eigenvalue weighted by Crippen LogP contribution is 2.24. The van der Waals surface area contributed by atoms with Crippen molar-refractivity contribution in [2.75, 3.05) is 7.11 Å². The van der Waals surface area contributed by atoms with E-state index >= 15 is 0 Å². The molecule has 8 heteroatoms. The lowest BCUT2D eigenvalue weighted by Gasteiger charge is -2.10. The summed E-state index contributed by atoms with van der Waals surface area (Å²) in [5, 5.41) is 3.95. The summed E-state index contributed by atoms with van der Waals surface area (Å²) in [7, 11) is -2.46. The Hall–Kier alpha value is -3.65. The molecule has 3 rings (SSSR count). The van der Waals surface area contributed by atoms with Gasteiger partial charge in [0.1, 0.15) is 10.6 Å². The van der Waals surface area contributed by atoms with Crippen molar-refractivity contribution in [2.45, 2.75) is 25.2 Å². The van der Waals surface area contributed by atoms with E-state index in [1.54, 1.807) is 55.6 Å². The van der Waals surface area contributed by atoms with E-state index in [1.165, 1.54) is 18.3 Å². The van der Waals surface area contributed by atoms with Crippen LogP contribution in [0.25, 0.3) is 0 Å². The van der Waals surface area contributed by atoms with Crippen LogP contribution in [0, 0.1) is 13.8 Å². The van der Waals surface area contributed by atoms with Crippen LogP contribution in [0.2, 0.25) is 0 Å². The first-order valence-corrected chi connectivity index (χ1v) is 11.2. The first-order chi connectivity index (χ1) is 15.3. The van der Waals surface area contributed by atoms with Crippen molar-refractivity contribution in [2.24, 2.45) is 5.10 Å². The second-order valence-corrected chi connectivity index (χ2v) is 8.76. The van der Waals surface area contributed by atoms with E-state index in [-0.39, 0.29) is 23.0 Å². The summed E-state index contributed by atoms with van der Waals surface area (Å²) in [4.78, 5) is 12.2. The molecule has 1 N–H and O–H groups in total. The van der Waals surface area contributed by atoms with Crippen molar-refractivity contribution >= 4 is 22.2 Å². The normalized spacial score (nSPS) is 11.3. The van der Waals surface area contributed by atoms with Gasteiger partial charge in [0.15, 0.2) is 5.75 Å². The Balaban J connectivity index is 1.72. The lowest BCUT2D eigenvalue weighted by molar-refractivity contribution is -0.120. The van der Waals surface area contributed by atoms with E-state index in [4.69, 9.17) is 8.92 Å². The summed E-state index contributed by atoms with van der Waals surface area (Å²) >= 11 is 0. The number of hydrogen-bond donors (Lipinski definition) is 1. The quantitative estimate of drug-likeness (QED) is 0.319. The van der Waals surface area contributed by atoms with Crippen molar-refractivity contribution in [1.82, 2.24) is 5.43 Å². The van der Waals surface area contributed by atoms with Gasteiger partial charge in [0.2, 0.25) is 5.91 Å². The van der Waals surface area contributed by atoms with Gasteiger partial charge in [0.05, 0.1) is 19.7 Å². The number of hydrogen-bond acceptors (Lipinski definition) is 6. The number of rotatable bonds is 8. The Morgan fingerprint density at radius 3 is 2.44 bits per heavy atom. The van der Waals surface area contributed by atoms with Crippen LogP contribution < -0.4 is 14.3 Å². The van der Waals surface area contributed by atoms with E-state index in [0.717, 1.165) is 16.7 Å². The van der Waals surface area contributed by atoms with Crippen LogP contribution in [0.1, 0.15) is 22.3 Å². The largest absolute Gasteiger partial charge is 0.497 e. The first kappa shape index (κ1) is 23.0. The molecule has 7 nitrogen and oxygen atoms in total. The average molecular weight is 453 g/mol. The minimum absolute atomic E-state index is 0.0547. The molecule has 0 radical (unpaired) electrons. The van der Waals surface area contributed by atoms with Crippen molar-refractivity contribution in [3.05, 3.63) is 89.0 Å². The molecule has 0 aliphatic carbocycles. The van der Waals surface area contributed by atoms with Gasteiger partial charge in [-0.2, -0.15) is 13.5 Å². The molecule has 0 spiro atoms. The van der Waals surface area contributed by atoms with Crippen molar-refractivity contribution in [1.29, 1.82) is 0 Å². The summed E-state index contributed by atoms with van der Waals surface area (Å²) in [6, 6.07) is 18.6. The topological polar surface area (TPSA) is 94.1 Å². The van der Waals surface area contributed by atoms with Gasteiger partial charge in [-0.05, 0) is 61.4 Å². The van der Waals surface area contributed by atoms with Gasteiger partial charge in [-0.3, -0.25) is 4.79 Å². The number of carbonyl (C=O) groups excluding carboxylic acids is 1. The zero-order valence-electron chi connectivity index (χ0n) is 18.0. The van der Waals surface area contributed by atoms with Crippen LogP contribution in [0.5, 0.6) is 11.5 Å². The van der Waals surface area contributed by atoms with Gasteiger partial charge in [-0.25, -0.2) is 5.43 Å². The molecule has 0 unspecified atom stereocenters. The molecular formula is C24H24N2O5S. The standard InChI is InChI=1S/C24H24N2O5S/c1-17-8-11-22(12-9-17)32(28,29)31-23-13-18(2)7-10-20(23)16-25-26-24(27)15-19-5-4-6-21(14-19)30-3/h4-14,16H,15H2,1-3H3,(H,26,27)/b25-16+. The third-order valence-corrected chi connectivity index (χ3v) is 5.82. The zero-order valence-corrected chi connectivity index (χ0v) is 18.8. The molecule has 0 aromatic heterocycles. The Kier molecular flexibility index (Phi) is 7.27. The first-order valence-electron chi connectivity index (χ1n) is 9.83. The maximum absolute atomic E-state index is 12.7. The summed E-state index contributed by atoms with van der Waals surface area (Å²) in [6.07, 6.45) is 1.47. The van der Waals surface area contributed by atoms with Crippen LogP contribution in [0.3, 0.4) is 0 Å². The smallest absolute Gasteiger partial charge is 0.339 e. The predicted octanol–water partition coefficient (Wildman–Crippen LogP) is 3.77. The molecule has 0 bridgehead atoms. The molecular weight excluding hydrogens is 428 g/mol. The number of ether oxygens (including phenoxy) is 1. The summed E-state index contributed by atoms with van der Waals surface area (Å²) < 4.78 is 35.9. The van der Waals surface area contributed by atoms with Crippen LogP contribution in [-0.2, 0) is 21.3 Å². The molecule has 0 heterocycles. The average Bonchev–Trinajstić information content (AvgIpc) is 2.75. The highest BCUT2D eigenvalue weighted by molar-refractivity contribution is 7.87. The molecule has 3 aromatic carbocycles. The van der Waals surface area contributed by atoms with E-state index in [1.807, 2.05) is 19.9 Å². The van der Waals surface area contributed by atoms with E-state index < -0.39 is 10.1 Å². The minimum Gasteiger partial charge on any atom is -0.497 e. The lowest BCUT2D eigenvalue weighted by atomic mass is 10.1. The Bertz CT molecular complexity index is 1240. The molecule has 0 aliphatic heterocycles. The van der Waals surface area contributed by atoms with Gasteiger partial charge in [0, 0.05) is 5.56 Å². The van der Waals surface area contributed by atoms with Crippen molar-refractivity contribution in [3.8, 4) is 11.5 Å². The number of carbonyl (C=O) groups is 1. The predicted molar refractivity (Wildman–Crippen MR) is 123 cm³/mol. The molecule has 3 aromatic rings. The van der Waals surface area contributed by atoms with Gasteiger partial charge < -0.3 is 8.92 Å². The molecule has 0 saturated carbocycles. The number of methoxy groups -OCH3 is 1. The van der Waals surface area contributed by atoms with E-state index in [9.17, 15) is 13.2 Å². The Morgan fingerprint density at radius 1 is 1.00 bits per heavy atom. The summed E-state index contributed by atoms with van der Waals surface area (Å²) in [6.45, 7) is 3.69. The molecule has 32 heavy (non-hydrogen) atoms. The summed E-state index contributed by atoms with van der Waals surface area (Å²) in [5.74, 6) is 0.461. The second kappa shape index (κ2) is 10.1. The van der Waals surface area contributed by atoms with Crippen LogP contribution in [0.4, 0.5) is 0 Å². The van der Waals surface area contributed by atoms with Crippen LogP contribution in [-0.4, -0.2) is 27.6 Å². The number of nitrogens with one attached hydrogen (secondary N) is 1. The Labute approximate surface area is 187 Å². The maximum atomic E-state index is 12.7. The minimum atomic E-state index is -4.02. The van der Waals surface area contributed by atoms with Gasteiger partial charge in [-0.1, -0.05) is 35.9 Å². The lowest BCUT2D eigenvalue weighted by Crippen LogP contribution is -2.20. The number of benzene rings is 3. The number of hydrazone groups is 1. The van der Waals surface area contributed by atoms with E-state index in [2.05, 4.69) is 10.5 Å². The van der Waals surface area contributed by atoms with Gasteiger partial charge in [0.25, 0.3) is 0 Å². The third kappa shape index (κ3) is 6.18. The van der Waals surface area contributed by atoms with Crippen molar-refractivity contribution in [3.63, 3.8) is 0 Å². The van der Waals surface area contributed by atoms with E-state index in [0.29, 0.717) is 11.3 Å². The van der Waals surface area contributed by atoms with Crippen LogP contribution in [0.15, 0.2) is 76.7 Å². The monoisotopic (exact) mass is 452 g/mol. The molecule has 1 amide bonds. The fraction of sp³-hybridized carbons (Fsp3) is 0.167. The van der Waals surface area contributed by atoms with Crippen molar-refractivity contribution < 1.29 is 22.1 Å². The number of aryl methyl sites for hydroxylation is 2. The fourth-order valence-electron chi connectivity index (χ4n) is 2.87. The molecule has 0 saturated heterocycles. The number of amides is 1. The zero-order chi connectivity index (χ0) is 23.1. The SMILES string of the molecule is COc1cccc(CC(=O)N/N=C/c2ccc(C)cc2OS(=O)(=O)c2ccc(C)cc2)c1. The third-order valence-electron chi connectivity index (χ3n) is 4.57. The maximum Gasteiger partial charge on any atom is 0.339 e. The van der Waals surface area contributed by atoms with Gasteiger partial charge in [-0.15, -0.1) is 0 Å². The Morgan fingerprint density at radius 2 is 1.72 bits per heavy atom. The molecule has 166 valence electrons. The van der Waals surface area contributed by atoms with Crippen LogP contribution >= 0.6 is 0 Å². The van der Waals surface area contributed by atoms with Gasteiger partial charge >= 0.3 is 10.1 Å². The molecule has 0 atom stereocenters. The fourth-order valence-corrected chi connectivity index (χ4v) is 3.82. The molecule has 0 aliphatic rings. The molecule has 0 fully saturated rings. The highest BCUT2D eigenvalue weighted by atomic mass is 32.2. The second-order valence-electron chi connectivity index (χ2n) is 7.21. The summed E-state index contributed by atoms with van der Waals surface area (Å²) in [5.41, 5.74) is 5.39.